The number of nitrogens with two attached hydrogens (primary N) is 1. The molecule has 0 radical (unpaired) electrons. The highest BCUT2D eigenvalue weighted by molar-refractivity contribution is 5.39. The fourth-order valence-corrected chi connectivity index (χ4v) is 1.09. The highest BCUT2D eigenvalue weighted by atomic mass is 16.1. The molecule has 4 heteroatoms. The van der Waals surface area contributed by atoms with Crippen molar-refractivity contribution in [2.45, 2.75) is 33.2 Å². The summed E-state index contributed by atoms with van der Waals surface area (Å²) in [4.78, 5) is 11.3. The molecule has 68 valence electrons. The van der Waals surface area contributed by atoms with Crippen LogP contribution in [0.2, 0.25) is 0 Å². The van der Waals surface area contributed by atoms with E-state index in [0.717, 1.165) is 25.1 Å². The van der Waals surface area contributed by atoms with Gasteiger partial charge in [-0.3, -0.25) is 14.6 Å². The van der Waals surface area contributed by atoms with E-state index in [1.54, 1.807) is 11.6 Å². The van der Waals surface area contributed by atoms with Gasteiger partial charge in [0.25, 0.3) is 5.56 Å². The molecule has 0 aliphatic carbocycles. The molecule has 4 nitrogen and oxygen atoms in total. The molecule has 0 atom stereocenters. The molecule has 0 spiro atoms. The van der Waals surface area contributed by atoms with Crippen molar-refractivity contribution in [3.63, 3.8) is 0 Å². The van der Waals surface area contributed by atoms with Gasteiger partial charge in [0.05, 0.1) is 5.69 Å². The average Bonchev–Trinajstić information content (AvgIpc) is 2.30. The smallest absolute Gasteiger partial charge is 0.289 e. The number of aromatic nitrogens is 2. The van der Waals surface area contributed by atoms with Gasteiger partial charge in [0.2, 0.25) is 0 Å². The lowest BCUT2D eigenvalue weighted by Crippen LogP contribution is -2.18. The fourth-order valence-electron chi connectivity index (χ4n) is 1.09. The minimum Gasteiger partial charge on any atom is -0.393 e. The molecule has 0 aliphatic rings. The Morgan fingerprint density at radius 1 is 1.58 bits per heavy atom. The molecule has 1 heterocycles. The first-order valence-corrected chi connectivity index (χ1v) is 4.21. The second-order valence-corrected chi connectivity index (χ2v) is 2.96. The van der Waals surface area contributed by atoms with E-state index in [-0.39, 0.29) is 5.56 Å². The van der Waals surface area contributed by atoms with Crippen LogP contribution in [0, 0.1) is 6.92 Å². The van der Waals surface area contributed by atoms with Gasteiger partial charge >= 0.3 is 0 Å². The monoisotopic (exact) mass is 169 g/mol. The molecule has 0 aromatic carbocycles. The van der Waals surface area contributed by atoms with Crippen molar-refractivity contribution >= 4 is 5.69 Å². The average molecular weight is 169 g/mol. The van der Waals surface area contributed by atoms with Gasteiger partial charge in [-0.2, -0.15) is 0 Å². The maximum atomic E-state index is 11.3. The number of aromatic amines is 1. The van der Waals surface area contributed by atoms with Gasteiger partial charge < -0.3 is 5.73 Å². The Kier molecular flexibility index (Phi) is 2.58. The van der Waals surface area contributed by atoms with E-state index in [1.165, 1.54) is 0 Å². The predicted molar refractivity (Wildman–Crippen MR) is 49.1 cm³/mol. The molecule has 0 fully saturated rings. The quantitative estimate of drug-likeness (QED) is 0.705. The molecule has 1 aromatic rings. The molecule has 0 aliphatic heterocycles. The van der Waals surface area contributed by atoms with Gasteiger partial charge in [-0.1, -0.05) is 13.3 Å². The molecule has 0 bridgehead atoms. The van der Waals surface area contributed by atoms with Crippen molar-refractivity contribution in [3.8, 4) is 0 Å². The summed E-state index contributed by atoms with van der Waals surface area (Å²) < 4.78 is 1.56. The van der Waals surface area contributed by atoms with Gasteiger partial charge in [0.1, 0.15) is 5.69 Å². The number of nitrogens with one attached hydrogen (secondary N) is 1. The highest BCUT2D eigenvalue weighted by Crippen LogP contribution is 2.00. The third-order valence-electron chi connectivity index (χ3n) is 1.92. The first-order chi connectivity index (χ1) is 5.66. The fraction of sp³-hybridized carbons (Fsp3) is 0.625. The van der Waals surface area contributed by atoms with Crippen molar-refractivity contribution in [1.29, 1.82) is 0 Å². The predicted octanol–water partition coefficient (Wildman–Crippen LogP) is 0.867. The minimum atomic E-state index is -0.0963. The van der Waals surface area contributed by atoms with Crippen LogP contribution in [0.5, 0.6) is 0 Å². The highest BCUT2D eigenvalue weighted by Gasteiger charge is 2.05. The SMILES string of the molecule is CCCCn1[nH]c(C)c(N)c1=O. The van der Waals surface area contributed by atoms with Gasteiger partial charge in [-0.05, 0) is 13.3 Å². The van der Waals surface area contributed by atoms with Crippen LogP contribution < -0.4 is 11.3 Å². The number of hydrogen-bond acceptors (Lipinski definition) is 2. The Hall–Kier alpha value is -1.19. The maximum absolute atomic E-state index is 11.3. The molecule has 0 amide bonds. The van der Waals surface area contributed by atoms with E-state index < -0.39 is 0 Å². The minimum absolute atomic E-state index is 0.0963. The zero-order valence-electron chi connectivity index (χ0n) is 7.55. The normalized spacial score (nSPS) is 10.5. The zero-order chi connectivity index (χ0) is 9.14. The molecule has 1 aromatic heterocycles. The van der Waals surface area contributed by atoms with Crippen LogP contribution in [-0.2, 0) is 6.54 Å². The van der Waals surface area contributed by atoms with E-state index in [2.05, 4.69) is 12.0 Å². The lowest BCUT2D eigenvalue weighted by atomic mass is 10.3. The summed E-state index contributed by atoms with van der Waals surface area (Å²) in [6.07, 6.45) is 2.07. The van der Waals surface area contributed by atoms with Gasteiger partial charge in [0, 0.05) is 6.54 Å². The second kappa shape index (κ2) is 3.47. The van der Waals surface area contributed by atoms with Gasteiger partial charge in [-0.25, -0.2) is 0 Å². The summed E-state index contributed by atoms with van der Waals surface area (Å²) in [6.45, 7) is 4.62. The summed E-state index contributed by atoms with van der Waals surface area (Å²) in [5.74, 6) is 0. The number of nitrogen functional groups attached to an aromatic ring is 1. The summed E-state index contributed by atoms with van der Waals surface area (Å²) >= 11 is 0. The first-order valence-electron chi connectivity index (χ1n) is 4.21. The second-order valence-electron chi connectivity index (χ2n) is 2.96. The molecular weight excluding hydrogens is 154 g/mol. The molecule has 12 heavy (non-hydrogen) atoms. The Bertz CT molecular complexity index is 311. The Balaban J connectivity index is 2.87. The van der Waals surface area contributed by atoms with E-state index in [1.807, 2.05) is 0 Å². The number of rotatable bonds is 3. The van der Waals surface area contributed by atoms with Crippen molar-refractivity contribution in [1.82, 2.24) is 9.78 Å². The number of unbranched alkanes of at least 4 members (excludes halogenated alkanes) is 1. The van der Waals surface area contributed by atoms with Crippen LogP contribution >= 0.6 is 0 Å². The third kappa shape index (κ3) is 1.52. The van der Waals surface area contributed by atoms with Crippen LogP contribution in [-0.4, -0.2) is 9.78 Å². The lowest BCUT2D eigenvalue weighted by molar-refractivity contribution is 0.554. The van der Waals surface area contributed by atoms with Crippen molar-refractivity contribution in [2.75, 3.05) is 5.73 Å². The number of nitrogens with zero attached hydrogens (tertiary/aromatic N) is 1. The summed E-state index contributed by atoms with van der Waals surface area (Å²) in [7, 11) is 0. The largest absolute Gasteiger partial charge is 0.393 e. The summed E-state index contributed by atoms with van der Waals surface area (Å²) in [5, 5.41) is 2.93. The topological polar surface area (TPSA) is 63.8 Å². The summed E-state index contributed by atoms with van der Waals surface area (Å²) in [5.41, 5.74) is 6.51. The van der Waals surface area contributed by atoms with Crippen LogP contribution in [0.25, 0.3) is 0 Å². The Labute approximate surface area is 71.4 Å². The van der Waals surface area contributed by atoms with Crippen molar-refractivity contribution in [3.05, 3.63) is 16.0 Å². The number of anilines is 1. The van der Waals surface area contributed by atoms with E-state index >= 15 is 0 Å². The van der Waals surface area contributed by atoms with Gasteiger partial charge in [0.15, 0.2) is 0 Å². The molecule has 1 rings (SSSR count). The molecule has 0 saturated carbocycles. The van der Waals surface area contributed by atoms with Crippen LogP contribution in [0.3, 0.4) is 0 Å². The molecule has 3 N–H and O–H groups in total. The lowest BCUT2D eigenvalue weighted by Gasteiger charge is -1.97. The van der Waals surface area contributed by atoms with E-state index in [9.17, 15) is 4.79 Å². The van der Waals surface area contributed by atoms with Gasteiger partial charge in [-0.15, -0.1) is 0 Å². The maximum Gasteiger partial charge on any atom is 0.289 e. The van der Waals surface area contributed by atoms with Crippen molar-refractivity contribution < 1.29 is 0 Å². The first kappa shape index (κ1) is 8.90. The summed E-state index contributed by atoms with van der Waals surface area (Å²) in [6, 6.07) is 0. The van der Waals surface area contributed by atoms with E-state index in [4.69, 9.17) is 5.73 Å². The number of aryl methyl sites for hydroxylation is 2. The third-order valence-corrected chi connectivity index (χ3v) is 1.92. The zero-order valence-corrected chi connectivity index (χ0v) is 7.55. The standard InChI is InChI=1S/C8H15N3O/c1-3-4-5-11-8(12)7(9)6(2)10-11/h10H,3-5,9H2,1-2H3. The van der Waals surface area contributed by atoms with Crippen LogP contribution in [0.1, 0.15) is 25.5 Å². The van der Waals surface area contributed by atoms with Crippen molar-refractivity contribution in [2.24, 2.45) is 0 Å². The number of H-pyrrole nitrogens is 1. The van der Waals surface area contributed by atoms with Crippen LogP contribution in [0.15, 0.2) is 4.79 Å². The Morgan fingerprint density at radius 2 is 2.25 bits per heavy atom. The number of hydrogen-bond donors (Lipinski definition) is 2. The molecule has 0 saturated heterocycles. The molecular formula is C8H15N3O. The van der Waals surface area contributed by atoms with E-state index in [0.29, 0.717) is 5.69 Å². The Morgan fingerprint density at radius 3 is 2.67 bits per heavy atom. The van der Waals surface area contributed by atoms with Crippen LogP contribution in [0.4, 0.5) is 5.69 Å². The molecule has 0 unspecified atom stereocenters.